The molecule has 0 amide bonds. The Morgan fingerprint density at radius 2 is 1.97 bits per heavy atom. The number of hydrogen-bond donors (Lipinski definition) is 1. The van der Waals surface area contributed by atoms with Crippen LogP contribution in [0.15, 0.2) is 48.5 Å². The molecule has 0 saturated heterocycles. The minimum atomic E-state index is -0.275. The number of fused-ring (bicyclic) bond motifs is 2. The van der Waals surface area contributed by atoms with Crippen molar-refractivity contribution < 1.29 is 9.53 Å². The molecule has 9 nitrogen and oxygen atoms in total. The van der Waals surface area contributed by atoms with Gasteiger partial charge in [0.1, 0.15) is 11.3 Å². The highest BCUT2D eigenvalue weighted by molar-refractivity contribution is 5.81. The Labute approximate surface area is 220 Å². The quantitative estimate of drug-likeness (QED) is 0.315. The van der Waals surface area contributed by atoms with E-state index in [1.54, 1.807) is 0 Å². The van der Waals surface area contributed by atoms with Gasteiger partial charge in [-0.3, -0.25) is 4.79 Å². The Morgan fingerprint density at radius 1 is 1.13 bits per heavy atom. The maximum absolute atomic E-state index is 11.2. The lowest BCUT2D eigenvalue weighted by molar-refractivity contribution is -0.140. The molecule has 192 valence electrons. The zero-order chi connectivity index (χ0) is 26.2. The van der Waals surface area contributed by atoms with Gasteiger partial charge in [-0.15, -0.1) is 10.2 Å². The molecule has 0 fully saturated rings. The summed E-state index contributed by atoms with van der Waals surface area (Å²) in [5.74, 6) is 1.35. The van der Waals surface area contributed by atoms with Crippen LogP contribution in [0.4, 0.5) is 0 Å². The molecular formula is C29H29N7O2. The lowest BCUT2D eigenvalue weighted by atomic mass is 9.96. The maximum Gasteiger partial charge on any atom is 0.302 e. The summed E-state index contributed by atoms with van der Waals surface area (Å²) in [7, 11) is 0. The minimum absolute atomic E-state index is 0.169. The molecule has 0 radical (unpaired) electrons. The Morgan fingerprint density at radius 3 is 2.74 bits per heavy atom. The Hall–Kier alpha value is -4.40. The van der Waals surface area contributed by atoms with E-state index in [9.17, 15) is 4.79 Å². The summed E-state index contributed by atoms with van der Waals surface area (Å²) in [4.78, 5) is 21.2. The van der Waals surface area contributed by atoms with Crippen LogP contribution in [0.3, 0.4) is 0 Å². The first-order valence-electron chi connectivity index (χ1n) is 13.0. The first-order valence-corrected chi connectivity index (χ1v) is 13.0. The number of aromatic amines is 1. The summed E-state index contributed by atoms with van der Waals surface area (Å²) in [5, 5.41) is 14.7. The predicted molar refractivity (Wildman–Crippen MR) is 143 cm³/mol. The molecule has 1 aliphatic carbocycles. The van der Waals surface area contributed by atoms with E-state index in [4.69, 9.17) is 14.7 Å². The van der Waals surface area contributed by atoms with Gasteiger partial charge in [0, 0.05) is 31.0 Å². The molecule has 3 aromatic heterocycles. The van der Waals surface area contributed by atoms with Gasteiger partial charge in [-0.25, -0.2) is 9.97 Å². The van der Waals surface area contributed by atoms with Crippen LogP contribution in [-0.2, 0) is 28.8 Å². The van der Waals surface area contributed by atoms with Crippen molar-refractivity contribution in [3.05, 3.63) is 76.7 Å². The number of nitrogens with one attached hydrogen (secondary N) is 1. The van der Waals surface area contributed by atoms with Crippen molar-refractivity contribution in [1.82, 2.24) is 35.2 Å². The molecule has 2 aromatic carbocycles. The fourth-order valence-electron chi connectivity index (χ4n) is 5.57. The number of aryl methyl sites for hydroxylation is 3. The maximum atomic E-state index is 11.2. The number of pyridine rings is 1. The second kappa shape index (κ2) is 9.81. The average Bonchev–Trinajstić information content (AvgIpc) is 3.67. The molecule has 38 heavy (non-hydrogen) atoms. The van der Waals surface area contributed by atoms with Gasteiger partial charge >= 0.3 is 5.97 Å². The standard InChI is InChI=1S/C29H29N7O2/c1-4-26-31-27-17(2)15-21(13-14-38-18(3)37)30-29(27)36(26)25-12-10-20-16-19(9-11-23(20)25)22-7-5-6-8-24(22)28-32-34-35-33-28/h5-9,11,15-16,25H,4,10,12-14H2,1-3H3,(H,32,33,34,35). The number of carbonyl (C=O) groups is 1. The number of esters is 1. The molecule has 5 aromatic rings. The van der Waals surface area contributed by atoms with E-state index < -0.39 is 0 Å². The van der Waals surface area contributed by atoms with Crippen LogP contribution >= 0.6 is 0 Å². The van der Waals surface area contributed by atoms with E-state index >= 15 is 0 Å². The van der Waals surface area contributed by atoms with E-state index in [0.717, 1.165) is 64.2 Å². The van der Waals surface area contributed by atoms with Gasteiger partial charge < -0.3 is 9.30 Å². The van der Waals surface area contributed by atoms with Crippen molar-refractivity contribution >= 4 is 17.1 Å². The molecule has 0 bridgehead atoms. The van der Waals surface area contributed by atoms with Gasteiger partial charge in [0.2, 0.25) is 5.82 Å². The number of rotatable bonds is 7. The lowest BCUT2D eigenvalue weighted by Gasteiger charge is -2.18. The van der Waals surface area contributed by atoms with Crippen molar-refractivity contribution in [3.63, 3.8) is 0 Å². The third-order valence-corrected chi connectivity index (χ3v) is 7.27. The monoisotopic (exact) mass is 507 g/mol. The third-order valence-electron chi connectivity index (χ3n) is 7.27. The van der Waals surface area contributed by atoms with Crippen LogP contribution in [0.1, 0.15) is 54.5 Å². The van der Waals surface area contributed by atoms with Gasteiger partial charge in [0.05, 0.1) is 12.6 Å². The highest BCUT2D eigenvalue weighted by Gasteiger charge is 2.29. The number of H-pyrrole nitrogens is 1. The number of hydrogen-bond acceptors (Lipinski definition) is 7. The summed E-state index contributed by atoms with van der Waals surface area (Å²) in [6.07, 6.45) is 3.36. The summed E-state index contributed by atoms with van der Waals surface area (Å²) in [6, 6.07) is 17.1. The van der Waals surface area contributed by atoms with Crippen molar-refractivity contribution in [1.29, 1.82) is 0 Å². The number of carbonyl (C=O) groups excluding carboxylic acids is 1. The van der Waals surface area contributed by atoms with E-state index in [2.05, 4.69) is 69.4 Å². The first-order chi connectivity index (χ1) is 18.5. The zero-order valence-electron chi connectivity index (χ0n) is 21.7. The highest BCUT2D eigenvalue weighted by atomic mass is 16.5. The molecule has 3 heterocycles. The molecule has 1 aliphatic rings. The second-order valence-corrected chi connectivity index (χ2v) is 9.69. The van der Waals surface area contributed by atoms with Gasteiger partial charge in [-0.05, 0) is 58.9 Å². The van der Waals surface area contributed by atoms with Crippen LogP contribution in [0.2, 0.25) is 0 Å². The fraction of sp³-hybridized carbons (Fsp3) is 0.310. The molecule has 0 saturated carbocycles. The van der Waals surface area contributed by atoms with Crippen LogP contribution in [0, 0.1) is 6.92 Å². The number of benzene rings is 2. The number of ether oxygens (including phenoxy) is 1. The van der Waals surface area contributed by atoms with Gasteiger partial charge in [-0.2, -0.15) is 5.21 Å². The van der Waals surface area contributed by atoms with Crippen LogP contribution in [-0.4, -0.2) is 47.7 Å². The Balaban J connectivity index is 1.39. The van der Waals surface area contributed by atoms with Crippen LogP contribution in [0.25, 0.3) is 33.7 Å². The van der Waals surface area contributed by atoms with Crippen molar-refractivity contribution in [2.45, 2.75) is 52.5 Å². The largest absolute Gasteiger partial charge is 0.465 e. The number of nitrogens with zero attached hydrogens (tertiary/aromatic N) is 6. The lowest BCUT2D eigenvalue weighted by Crippen LogP contribution is -2.12. The molecule has 9 heteroatoms. The fourth-order valence-corrected chi connectivity index (χ4v) is 5.57. The molecular weight excluding hydrogens is 478 g/mol. The SMILES string of the molecule is CCc1nc2c(C)cc(CCOC(C)=O)nc2n1C1CCc2cc(-c3ccccc3-c3nn[nH]n3)ccc21. The third kappa shape index (κ3) is 4.23. The molecule has 1 atom stereocenters. The summed E-state index contributed by atoms with van der Waals surface area (Å²) in [5.41, 5.74) is 9.66. The second-order valence-electron chi connectivity index (χ2n) is 9.69. The van der Waals surface area contributed by atoms with E-state index in [1.807, 2.05) is 18.2 Å². The van der Waals surface area contributed by atoms with Gasteiger partial charge in [0.15, 0.2) is 5.65 Å². The summed E-state index contributed by atoms with van der Waals surface area (Å²) >= 11 is 0. The molecule has 0 aliphatic heterocycles. The van der Waals surface area contributed by atoms with Gasteiger partial charge in [0.25, 0.3) is 0 Å². The highest BCUT2D eigenvalue weighted by Crippen LogP contribution is 2.40. The first kappa shape index (κ1) is 24.0. The van der Waals surface area contributed by atoms with Crippen LogP contribution in [0.5, 0.6) is 0 Å². The number of imidazole rings is 1. The summed E-state index contributed by atoms with van der Waals surface area (Å²) in [6.45, 7) is 5.97. The smallest absolute Gasteiger partial charge is 0.302 e. The zero-order valence-corrected chi connectivity index (χ0v) is 21.7. The van der Waals surface area contributed by atoms with Crippen molar-refractivity contribution in [2.24, 2.45) is 0 Å². The normalized spacial score (nSPS) is 14.7. The van der Waals surface area contributed by atoms with E-state index in [-0.39, 0.29) is 12.0 Å². The number of tetrazole rings is 1. The van der Waals surface area contributed by atoms with E-state index in [1.165, 1.54) is 18.1 Å². The Kier molecular flexibility index (Phi) is 6.19. The minimum Gasteiger partial charge on any atom is -0.465 e. The topological polar surface area (TPSA) is 111 Å². The van der Waals surface area contributed by atoms with E-state index in [0.29, 0.717) is 18.9 Å². The van der Waals surface area contributed by atoms with Crippen LogP contribution < -0.4 is 0 Å². The van der Waals surface area contributed by atoms with Crippen molar-refractivity contribution in [2.75, 3.05) is 6.61 Å². The molecule has 6 rings (SSSR count). The number of aromatic nitrogens is 7. The van der Waals surface area contributed by atoms with Crippen molar-refractivity contribution in [3.8, 4) is 22.5 Å². The summed E-state index contributed by atoms with van der Waals surface area (Å²) < 4.78 is 7.50. The predicted octanol–water partition coefficient (Wildman–Crippen LogP) is 4.79. The molecule has 1 N–H and O–H groups in total. The van der Waals surface area contributed by atoms with Gasteiger partial charge in [-0.1, -0.05) is 49.4 Å². The molecule has 1 unspecified atom stereocenters. The molecule has 0 spiro atoms. The Bertz CT molecular complexity index is 1640. The average molecular weight is 508 g/mol.